The van der Waals surface area contributed by atoms with Crippen molar-refractivity contribution in [3.63, 3.8) is 0 Å². The van der Waals surface area contributed by atoms with Crippen LogP contribution in [0.15, 0.2) is 18.2 Å². The number of ether oxygens (including phenoxy) is 1. The SMILES string of the molecule is COCC1CCCN(c2nc3ccc(N)cc3s2)C1. The summed E-state index contributed by atoms with van der Waals surface area (Å²) in [4.78, 5) is 7.10. The van der Waals surface area contributed by atoms with Gasteiger partial charge in [-0.3, -0.25) is 0 Å². The van der Waals surface area contributed by atoms with E-state index in [-0.39, 0.29) is 0 Å². The van der Waals surface area contributed by atoms with E-state index in [9.17, 15) is 0 Å². The lowest BCUT2D eigenvalue weighted by molar-refractivity contribution is 0.143. The van der Waals surface area contributed by atoms with E-state index in [1.54, 1.807) is 18.4 Å². The van der Waals surface area contributed by atoms with Crippen LogP contribution in [-0.2, 0) is 4.74 Å². The molecule has 0 amide bonds. The first-order valence-corrected chi connectivity index (χ1v) is 7.48. The maximum absolute atomic E-state index is 5.82. The summed E-state index contributed by atoms with van der Waals surface area (Å²) >= 11 is 1.73. The van der Waals surface area contributed by atoms with Crippen molar-refractivity contribution in [1.82, 2.24) is 4.98 Å². The monoisotopic (exact) mass is 277 g/mol. The van der Waals surface area contributed by atoms with Crippen molar-refractivity contribution in [2.45, 2.75) is 12.8 Å². The molecule has 0 bridgehead atoms. The lowest BCUT2D eigenvalue weighted by atomic mass is 9.99. The fourth-order valence-electron chi connectivity index (χ4n) is 2.67. The van der Waals surface area contributed by atoms with Gasteiger partial charge in [-0.15, -0.1) is 0 Å². The highest BCUT2D eigenvalue weighted by atomic mass is 32.1. The molecule has 102 valence electrons. The highest BCUT2D eigenvalue weighted by Gasteiger charge is 2.22. The number of fused-ring (bicyclic) bond motifs is 1. The molecule has 2 N–H and O–H groups in total. The summed E-state index contributed by atoms with van der Waals surface area (Å²) in [5, 5.41) is 1.11. The van der Waals surface area contributed by atoms with E-state index in [2.05, 4.69) is 4.90 Å². The third kappa shape index (κ3) is 2.67. The lowest BCUT2D eigenvalue weighted by Gasteiger charge is -2.32. The molecule has 4 nitrogen and oxygen atoms in total. The standard InChI is InChI=1S/C14H19N3OS/c1-18-9-10-3-2-6-17(8-10)14-16-12-5-4-11(15)7-13(12)19-14/h4-5,7,10H,2-3,6,8-9,15H2,1H3. The van der Waals surface area contributed by atoms with Crippen LogP contribution in [0, 0.1) is 5.92 Å². The highest BCUT2D eigenvalue weighted by Crippen LogP contribution is 2.32. The molecule has 1 atom stereocenters. The van der Waals surface area contributed by atoms with Crippen molar-refractivity contribution in [1.29, 1.82) is 0 Å². The van der Waals surface area contributed by atoms with Gasteiger partial charge in [0.2, 0.25) is 0 Å². The molecule has 1 fully saturated rings. The number of benzene rings is 1. The van der Waals surface area contributed by atoms with Crippen molar-refractivity contribution >= 4 is 32.4 Å². The molecule has 0 aliphatic carbocycles. The molecule has 1 aromatic heterocycles. The van der Waals surface area contributed by atoms with Crippen molar-refractivity contribution in [2.24, 2.45) is 5.92 Å². The fraction of sp³-hybridized carbons (Fsp3) is 0.500. The number of nitrogen functional groups attached to an aromatic ring is 1. The Bertz CT molecular complexity index is 567. The normalized spacial score (nSPS) is 20.1. The van der Waals surface area contributed by atoms with E-state index in [4.69, 9.17) is 15.5 Å². The molecular formula is C14H19N3OS. The van der Waals surface area contributed by atoms with Gasteiger partial charge in [0.25, 0.3) is 0 Å². The number of methoxy groups -OCH3 is 1. The number of nitrogens with two attached hydrogens (primary N) is 1. The van der Waals surface area contributed by atoms with Gasteiger partial charge >= 0.3 is 0 Å². The molecule has 0 saturated carbocycles. The molecular weight excluding hydrogens is 258 g/mol. The van der Waals surface area contributed by atoms with Gasteiger partial charge in [-0.05, 0) is 37.0 Å². The Labute approximate surface area is 117 Å². The largest absolute Gasteiger partial charge is 0.399 e. The number of aromatic nitrogens is 1. The summed E-state index contributed by atoms with van der Waals surface area (Å²) in [5.41, 5.74) is 7.67. The number of hydrogen-bond acceptors (Lipinski definition) is 5. The Morgan fingerprint density at radius 3 is 3.26 bits per heavy atom. The molecule has 19 heavy (non-hydrogen) atoms. The predicted octanol–water partition coefficient (Wildman–Crippen LogP) is 2.74. The Morgan fingerprint density at radius 1 is 1.53 bits per heavy atom. The van der Waals surface area contributed by atoms with E-state index in [0.29, 0.717) is 5.92 Å². The third-order valence-electron chi connectivity index (χ3n) is 3.59. The maximum Gasteiger partial charge on any atom is 0.186 e. The van der Waals surface area contributed by atoms with Gasteiger partial charge in [0, 0.05) is 25.9 Å². The van der Waals surface area contributed by atoms with Crippen LogP contribution >= 0.6 is 11.3 Å². The van der Waals surface area contributed by atoms with Gasteiger partial charge in [-0.2, -0.15) is 0 Å². The third-order valence-corrected chi connectivity index (χ3v) is 4.67. The van der Waals surface area contributed by atoms with Crippen LogP contribution in [0.5, 0.6) is 0 Å². The quantitative estimate of drug-likeness (QED) is 0.876. The fourth-order valence-corrected chi connectivity index (χ4v) is 3.72. The summed E-state index contributed by atoms with van der Waals surface area (Å²) < 4.78 is 6.45. The minimum absolute atomic E-state index is 0.621. The van der Waals surface area contributed by atoms with Crippen LogP contribution in [0.25, 0.3) is 10.2 Å². The molecule has 2 heterocycles. The number of piperidine rings is 1. The Kier molecular flexibility index (Phi) is 3.57. The predicted molar refractivity (Wildman–Crippen MR) is 80.8 cm³/mol. The first-order valence-electron chi connectivity index (χ1n) is 6.66. The van der Waals surface area contributed by atoms with E-state index in [0.717, 1.165) is 36.0 Å². The summed E-state index contributed by atoms with van der Waals surface area (Å²) in [5.74, 6) is 0.621. The van der Waals surface area contributed by atoms with Gasteiger partial charge in [0.05, 0.1) is 16.8 Å². The number of anilines is 2. The van der Waals surface area contributed by atoms with E-state index in [1.807, 2.05) is 18.2 Å². The number of thiazole rings is 1. The average Bonchev–Trinajstić information content (AvgIpc) is 2.82. The second-order valence-corrected chi connectivity index (χ2v) is 6.14. The van der Waals surface area contributed by atoms with Gasteiger partial charge in [-0.1, -0.05) is 11.3 Å². The highest BCUT2D eigenvalue weighted by molar-refractivity contribution is 7.22. The molecule has 1 aliphatic rings. The van der Waals surface area contributed by atoms with Crippen LogP contribution in [0.4, 0.5) is 10.8 Å². The second kappa shape index (κ2) is 5.35. The Balaban J connectivity index is 1.83. The second-order valence-electron chi connectivity index (χ2n) is 5.13. The van der Waals surface area contributed by atoms with Gasteiger partial charge in [0.15, 0.2) is 5.13 Å². The molecule has 0 radical (unpaired) electrons. The molecule has 0 spiro atoms. The van der Waals surface area contributed by atoms with Gasteiger partial charge in [-0.25, -0.2) is 4.98 Å². The molecule has 1 aromatic carbocycles. The van der Waals surface area contributed by atoms with Crippen molar-refractivity contribution in [3.05, 3.63) is 18.2 Å². The van der Waals surface area contributed by atoms with Crippen LogP contribution in [0.2, 0.25) is 0 Å². The Hall–Kier alpha value is -1.33. The summed E-state index contributed by atoms with van der Waals surface area (Å²) in [6.45, 7) is 2.98. The smallest absolute Gasteiger partial charge is 0.186 e. The number of nitrogens with zero attached hydrogens (tertiary/aromatic N) is 2. The van der Waals surface area contributed by atoms with Crippen molar-refractivity contribution in [2.75, 3.05) is 37.4 Å². The lowest BCUT2D eigenvalue weighted by Crippen LogP contribution is -2.37. The van der Waals surface area contributed by atoms with Crippen LogP contribution in [-0.4, -0.2) is 31.8 Å². The van der Waals surface area contributed by atoms with Crippen molar-refractivity contribution in [3.8, 4) is 0 Å². The van der Waals surface area contributed by atoms with E-state index < -0.39 is 0 Å². The molecule has 1 unspecified atom stereocenters. The van der Waals surface area contributed by atoms with Crippen molar-refractivity contribution < 1.29 is 4.74 Å². The molecule has 1 aliphatic heterocycles. The molecule has 3 rings (SSSR count). The first-order chi connectivity index (χ1) is 9.26. The molecule has 1 saturated heterocycles. The number of rotatable bonds is 3. The molecule has 5 heteroatoms. The number of hydrogen-bond donors (Lipinski definition) is 1. The summed E-state index contributed by atoms with van der Waals surface area (Å²) in [6.07, 6.45) is 2.47. The average molecular weight is 277 g/mol. The van der Waals surface area contributed by atoms with Crippen LogP contribution in [0.3, 0.4) is 0 Å². The van der Waals surface area contributed by atoms with Gasteiger partial charge < -0.3 is 15.4 Å². The summed E-state index contributed by atoms with van der Waals surface area (Å²) in [7, 11) is 1.78. The zero-order valence-electron chi connectivity index (χ0n) is 11.1. The zero-order chi connectivity index (χ0) is 13.2. The van der Waals surface area contributed by atoms with Gasteiger partial charge in [0.1, 0.15) is 0 Å². The zero-order valence-corrected chi connectivity index (χ0v) is 11.9. The van der Waals surface area contributed by atoms with Crippen LogP contribution < -0.4 is 10.6 Å². The van der Waals surface area contributed by atoms with Crippen LogP contribution in [0.1, 0.15) is 12.8 Å². The first kappa shape index (κ1) is 12.7. The van der Waals surface area contributed by atoms with E-state index in [1.165, 1.54) is 17.5 Å². The minimum Gasteiger partial charge on any atom is -0.399 e. The summed E-state index contributed by atoms with van der Waals surface area (Å²) in [6, 6.07) is 5.92. The minimum atomic E-state index is 0.621. The topological polar surface area (TPSA) is 51.4 Å². The Morgan fingerprint density at radius 2 is 2.42 bits per heavy atom. The maximum atomic E-state index is 5.82. The van der Waals surface area contributed by atoms with E-state index >= 15 is 0 Å². The molecule has 2 aromatic rings.